The molecule has 2 aromatic rings. The minimum absolute atomic E-state index is 0.464. The van der Waals surface area contributed by atoms with Crippen molar-refractivity contribution in [1.29, 1.82) is 0 Å². The molecule has 0 saturated heterocycles. The number of hydrogen-bond acceptors (Lipinski definition) is 3. The fraction of sp³-hybridized carbons (Fsp3) is 0.333. The summed E-state index contributed by atoms with van der Waals surface area (Å²) in [4.78, 5) is 2.12. The van der Waals surface area contributed by atoms with Crippen molar-refractivity contribution in [1.82, 2.24) is 4.90 Å². The number of hydrogen-bond donors (Lipinski definition) is 1. The molecule has 3 heteroatoms. The number of nitrogens with zero attached hydrogens (tertiary/aromatic N) is 1. The molecule has 0 aromatic heterocycles. The molecule has 0 aliphatic heterocycles. The number of likely N-dealkylation sites (N-methyl/N-ethyl adjacent to an activating group) is 1. The Hall–Kier alpha value is -1.84. The standard InChI is InChI=1S/C18H23NO2/c1-14-4-8-16(9-5-14)18(20)13-19(2)12-15-6-10-17(21-3)11-7-15/h4-11,18,20H,12-13H2,1-3H3. The van der Waals surface area contributed by atoms with E-state index in [1.807, 2.05) is 62.5 Å². The van der Waals surface area contributed by atoms with Crippen molar-refractivity contribution < 1.29 is 9.84 Å². The molecule has 2 aromatic carbocycles. The van der Waals surface area contributed by atoms with Gasteiger partial charge in [-0.05, 0) is 37.2 Å². The quantitative estimate of drug-likeness (QED) is 0.885. The lowest BCUT2D eigenvalue weighted by atomic mass is 10.1. The molecule has 0 aliphatic rings. The van der Waals surface area contributed by atoms with Gasteiger partial charge in [-0.3, -0.25) is 4.90 Å². The molecule has 2 rings (SSSR count). The first-order valence-corrected chi connectivity index (χ1v) is 7.14. The van der Waals surface area contributed by atoms with E-state index in [0.717, 1.165) is 17.9 Å². The van der Waals surface area contributed by atoms with Gasteiger partial charge in [0.25, 0.3) is 0 Å². The molecule has 0 saturated carbocycles. The van der Waals surface area contributed by atoms with Gasteiger partial charge >= 0.3 is 0 Å². The van der Waals surface area contributed by atoms with Crippen molar-refractivity contribution >= 4 is 0 Å². The molecule has 0 heterocycles. The SMILES string of the molecule is COc1ccc(CN(C)CC(O)c2ccc(C)cc2)cc1. The van der Waals surface area contributed by atoms with Gasteiger partial charge in [-0.2, -0.15) is 0 Å². The van der Waals surface area contributed by atoms with Gasteiger partial charge in [0, 0.05) is 13.1 Å². The van der Waals surface area contributed by atoms with Crippen molar-refractivity contribution in [2.24, 2.45) is 0 Å². The van der Waals surface area contributed by atoms with E-state index in [1.165, 1.54) is 11.1 Å². The van der Waals surface area contributed by atoms with E-state index >= 15 is 0 Å². The molecule has 0 aliphatic carbocycles. The molecule has 0 amide bonds. The van der Waals surface area contributed by atoms with E-state index in [2.05, 4.69) is 4.90 Å². The van der Waals surface area contributed by atoms with Gasteiger partial charge in [0.1, 0.15) is 5.75 Å². The highest BCUT2D eigenvalue weighted by atomic mass is 16.5. The number of ether oxygens (including phenoxy) is 1. The third-order valence-electron chi connectivity index (χ3n) is 3.56. The summed E-state index contributed by atoms with van der Waals surface area (Å²) in [6.07, 6.45) is -0.464. The Kier molecular flexibility index (Phi) is 5.37. The van der Waals surface area contributed by atoms with E-state index in [0.29, 0.717) is 6.54 Å². The highest BCUT2D eigenvalue weighted by molar-refractivity contribution is 5.27. The van der Waals surface area contributed by atoms with Gasteiger partial charge < -0.3 is 9.84 Å². The summed E-state index contributed by atoms with van der Waals surface area (Å²) in [5, 5.41) is 10.3. The Morgan fingerprint density at radius 1 is 1.05 bits per heavy atom. The van der Waals surface area contributed by atoms with Gasteiger partial charge in [0.15, 0.2) is 0 Å². The molecular formula is C18H23NO2. The Labute approximate surface area is 126 Å². The van der Waals surface area contributed by atoms with Crippen LogP contribution in [0.1, 0.15) is 22.8 Å². The van der Waals surface area contributed by atoms with Crippen LogP contribution in [0.25, 0.3) is 0 Å². The second-order valence-electron chi connectivity index (χ2n) is 5.47. The first-order chi connectivity index (χ1) is 10.1. The molecule has 3 nitrogen and oxygen atoms in total. The zero-order valence-electron chi connectivity index (χ0n) is 12.9. The lowest BCUT2D eigenvalue weighted by Gasteiger charge is -2.21. The molecule has 1 unspecified atom stereocenters. The van der Waals surface area contributed by atoms with E-state index in [4.69, 9.17) is 4.74 Å². The lowest BCUT2D eigenvalue weighted by Crippen LogP contribution is -2.24. The number of methoxy groups -OCH3 is 1. The molecule has 21 heavy (non-hydrogen) atoms. The topological polar surface area (TPSA) is 32.7 Å². The predicted octanol–water partition coefficient (Wildman–Crippen LogP) is 3.17. The van der Waals surface area contributed by atoms with Crippen LogP contribution in [0.3, 0.4) is 0 Å². The number of aliphatic hydroxyl groups excluding tert-OH is 1. The second-order valence-corrected chi connectivity index (χ2v) is 5.47. The van der Waals surface area contributed by atoms with Crippen molar-refractivity contribution in [2.45, 2.75) is 19.6 Å². The van der Waals surface area contributed by atoms with E-state index in [9.17, 15) is 5.11 Å². The maximum atomic E-state index is 10.3. The highest BCUT2D eigenvalue weighted by Crippen LogP contribution is 2.17. The van der Waals surface area contributed by atoms with Gasteiger partial charge in [-0.25, -0.2) is 0 Å². The number of benzene rings is 2. The van der Waals surface area contributed by atoms with Crippen LogP contribution in [0.4, 0.5) is 0 Å². The van der Waals surface area contributed by atoms with Crippen LogP contribution in [0, 0.1) is 6.92 Å². The minimum Gasteiger partial charge on any atom is -0.497 e. The monoisotopic (exact) mass is 285 g/mol. The Bertz CT molecular complexity index is 548. The van der Waals surface area contributed by atoms with Gasteiger partial charge in [-0.1, -0.05) is 42.0 Å². The van der Waals surface area contributed by atoms with Crippen LogP contribution in [-0.4, -0.2) is 30.7 Å². The van der Waals surface area contributed by atoms with Crippen molar-refractivity contribution in [3.05, 3.63) is 65.2 Å². The van der Waals surface area contributed by atoms with Crippen LogP contribution in [0.15, 0.2) is 48.5 Å². The van der Waals surface area contributed by atoms with E-state index in [1.54, 1.807) is 7.11 Å². The van der Waals surface area contributed by atoms with Crippen molar-refractivity contribution in [2.75, 3.05) is 20.7 Å². The van der Waals surface area contributed by atoms with E-state index in [-0.39, 0.29) is 0 Å². The van der Waals surface area contributed by atoms with Gasteiger partial charge in [0.05, 0.1) is 13.2 Å². The smallest absolute Gasteiger partial charge is 0.118 e. The van der Waals surface area contributed by atoms with Crippen molar-refractivity contribution in [3.63, 3.8) is 0 Å². The summed E-state index contributed by atoms with van der Waals surface area (Å²) >= 11 is 0. The third-order valence-corrected chi connectivity index (χ3v) is 3.56. The molecular weight excluding hydrogens is 262 g/mol. The maximum absolute atomic E-state index is 10.3. The molecule has 0 radical (unpaired) electrons. The molecule has 112 valence electrons. The number of rotatable bonds is 6. The largest absolute Gasteiger partial charge is 0.497 e. The Morgan fingerprint density at radius 2 is 1.67 bits per heavy atom. The average molecular weight is 285 g/mol. The minimum atomic E-state index is -0.464. The summed E-state index contributed by atoms with van der Waals surface area (Å²) in [5.74, 6) is 0.862. The van der Waals surface area contributed by atoms with Crippen molar-refractivity contribution in [3.8, 4) is 5.75 Å². The normalized spacial score (nSPS) is 12.4. The molecule has 1 N–H and O–H groups in total. The van der Waals surface area contributed by atoms with Crippen LogP contribution in [0.2, 0.25) is 0 Å². The Morgan fingerprint density at radius 3 is 2.24 bits per heavy atom. The summed E-state index contributed by atoms with van der Waals surface area (Å²) in [5.41, 5.74) is 3.37. The zero-order valence-corrected chi connectivity index (χ0v) is 12.9. The average Bonchev–Trinajstić information content (AvgIpc) is 2.48. The first kappa shape index (κ1) is 15.5. The first-order valence-electron chi connectivity index (χ1n) is 7.14. The van der Waals surface area contributed by atoms with Crippen LogP contribution in [-0.2, 0) is 6.54 Å². The molecule has 0 fully saturated rings. The second kappa shape index (κ2) is 7.25. The predicted molar refractivity (Wildman–Crippen MR) is 85.5 cm³/mol. The Balaban J connectivity index is 1.91. The molecule has 1 atom stereocenters. The summed E-state index contributed by atoms with van der Waals surface area (Å²) in [6, 6.07) is 16.0. The van der Waals surface area contributed by atoms with Crippen LogP contribution in [0.5, 0.6) is 5.75 Å². The number of aryl methyl sites for hydroxylation is 1. The number of aliphatic hydroxyl groups is 1. The zero-order chi connectivity index (χ0) is 15.2. The lowest BCUT2D eigenvalue weighted by molar-refractivity contribution is 0.124. The summed E-state index contributed by atoms with van der Waals surface area (Å²) in [7, 11) is 3.68. The fourth-order valence-corrected chi connectivity index (χ4v) is 2.30. The van der Waals surface area contributed by atoms with Gasteiger partial charge in [0.2, 0.25) is 0 Å². The maximum Gasteiger partial charge on any atom is 0.118 e. The summed E-state index contributed by atoms with van der Waals surface area (Å²) in [6.45, 7) is 3.45. The van der Waals surface area contributed by atoms with Crippen LogP contribution >= 0.6 is 0 Å². The van der Waals surface area contributed by atoms with Gasteiger partial charge in [-0.15, -0.1) is 0 Å². The molecule has 0 bridgehead atoms. The molecule has 0 spiro atoms. The van der Waals surface area contributed by atoms with Crippen LogP contribution < -0.4 is 4.74 Å². The van der Waals surface area contributed by atoms with E-state index < -0.39 is 6.10 Å². The third kappa shape index (κ3) is 4.59. The highest BCUT2D eigenvalue weighted by Gasteiger charge is 2.11. The fourth-order valence-electron chi connectivity index (χ4n) is 2.30. The summed E-state index contributed by atoms with van der Waals surface area (Å²) < 4.78 is 5.15.